The number of halogens is 2. The molecule has 0 aliphatic carbocycles. The molecule has 1 heterocycles. The van der Waals surface area contributed by atoms with Gasteiger partial charge in [0, 0.05) is 18.7 Å². The van der Waals surface area contributed by atoms with Crippen LogP contribution in [0.3, 0.4) is 0 Å². The third kappa shape index (κ3) is 3.25. The molecule has 0 bridgehead atoms. The summed E-state index contributed by atoms with van der Waals surface area (Å²) in [7, 11) is 0. The van der Waals surface area contributed by atoms with Gasteiger partial charge in [0.25, 0.3) is 11.6 Å². The zero-order valence-corrected chi connectivity index (χ0v) is 14.4. The number of benzene rings is 2. The zero-order chi connectivity index (χ0) is 18.8. The fourth-order valence-electron chi connectivity index (χ4n) is 2.61. The second-order valence-electron chi connectivity index (χ2n) is 5.46. The van der Waals surface area contributed by atoms with Crippen molar-refractivity contribution in [3.63, 3.8) is 0 Å². The van der Waals surface area contributed by atoms with Gasteiger partial charge in [-0.25, -0.2) is 8.78 Å². The van der Waals surface area contributed by atoms with E-state index in [4.69, 9.17) is 0 Å². The summed E-state index contributed by atoms with van der Waals surface area (Å²) in [5.41, 5.74) is -0.362. The predicted molar refractivity (Wildman–Crippen MR) is 93.0 cm³/mol. The topological polar surface area (TPSA) is 77.5 Å². The second kappa shape index (κ2) is 7.12. The molecule has 1 amide bonds. The second-order valence-corrected chi connectivity index (χ2v) is 6.47. The maximum Gasteiger partial charge on any atom is 0.286 e. The Kier molecular flexibility index (Phi) is 4.90. The number of nitro benzene ring substituents is 1. The molecular formula is C17H13F2N3O3S. The van der Waals surface area contributed by atoms with E-state index in [1.165, 1.54) is 34.9 Å². The number of aromatic nitrogens is 1. The summed E-state index contributed by atoms with van der Waals surface area (Å²) in [4.78, 5) is 27.0. The van der Waals surface area contributed by atoms with Gasteiger partial charge in [-0.05, 0) is 18.6 Å². The van der Waals surface area contributed by atoms with E-state index in [1.807, 2.05) is 6.92 Å². The van der Waals surface area contributed by atoms with Crippen molar-refractivity contribution in [3.8, 4) is 0 Å². The summed E-state index contributed by atoms with van der Waals surface area (Å²) >= 11 is 0.955. The van der Waals surface area contributed by atoms with Crippen LogP contribution in [0.15, 0.2) is 41.4 Å². The Labute approximate surface area is 150 Å². The summed E-state index contributed by atoms with van der Waals surface area (Å²) in [6.07, 6.45) is 0.634. The molecule has 0 saturated heterocycles. The summed E-state index contributed by atoms with van der Waals surface area (Å²) < 4.78 is 29.5. The molecule has 0 saturated carbocycles. The summed E-state index contributed by atoms with van der Waals surface area (Å²) in [5.74, 6) is -2.28. The van der Waals surface area contributed by atoms with Crippen LogP contribution in [0.4, 0.5) is 14.5 Å². The molecule has 26 heavy (non-hydrogen) atoms. The molecule has 2 aromatic carbocycles. The summed E-state index contributed by atoms with van der Waals surface area (Å²) in [6, 6.07) is 7.41. The standard InChI is InChI=1S/C17H13F2N3O3S/c1-2-7-21-15-12(19)8-10(18)9-14(15)26-17(21)20-16(23)11-5-3-4-6-13(11)22(24)25/h3-6,8-9H,2,7H2,1H3. The number of hydrogen-bond donors (Lipinski definition) is 0. The average Bonchev–Trinajstić information content (AvgIpc) is 2.92. The van der Waals surface area contributed by atoms with Gasteiger partial charge in [-0.3, -0.25) is 14.9 Å². The van der Waals surface area contributed by atoms with Crippen LogP contribution in [-0.4, -0.2) is 15.4 Å². The lowest BCUT2D eigenvalue weighted by Gasteiger charge is -2.03. The normalized spacial score (nSPS) is 11.9. The highest BCUT2D eigenvalue weighted by Crippen LogP contribution is 2.23. The Morgan fingerprint density at radius 2 is 2.04 bits per heavy atom. The number of nitro groups is 1. The van der Waals surface area contributed by atoms with Crippen molar-refractivity contribution in [2.45, 2.75) is 19.9 Å². The zero-order valence-electron chi connectivity index (χ0n) is 13.6. The quantitative estimate of drug-likeness (QED) is 0.508. The Bertz CT molecular complexity index is 1090. The van der Waals surface area contributed by atoms with Gasteiger partial charge in [-0.1, -0.05) is 30.4 Å². The van der Waals surface area contributed by atoms with Gasteiger partial charge in [0.2, 0.25) is 0 Å². The number of nitrogens with zero attached hydrogens (tertiary/aromatic N) is 3. The highest BCUT2D eigenvalue weighted by atomic mass is 32.1. The summed E-state index contributed by atoms with van der Waals surface area (Å²) in [6.45, 7) is 2.23. The Hall–Kier alpha value is -2.94. The lowest BCUT2D eigenvalue weighted by molar-refractivity contribution is -0.385. The first-order valence-corrected chi connectivity index (χ1v) is 8.55. The fraction of sp³-hybridized carbons (Fsp3) is 0.176. The molecule has 134 valence electrons. The monoisotopic (exact) mass is 377 g/mol. The van der Waals surface area contributed by atoms with Crippen molar-refractivity contribution < 1.29 is 18.5 Å². The maximum absolute atomic E-state index is 14.2. The van der Waals surface area contributed by atoms with E-state index >= 15 is 0 Å². The number of amides is 1. The van der Waals surface area contributed by atoms with Crippen molar-refractivity contribution >= 4 is 33.1 Å². The van der Waals surface area contributed by atoms with Crippen molar-refractivity contribution in [2.24, 2.45) is 4.99 Å². The van der Waals surface area contributed by atoms with Gasteiger partial charge in [0.1, 0.15) is 11.4 Å². The molecule has 0 radical (unpaired) electrons. The molecule has 9 heteroatoms. The molecular weight excluding hydrogens is 364 g/mol. The molecule has 0 spiro atoms. The first-order valence-electron chi connectivity index (χ1n) is 7.73. The van der Waals surface area contributed by atoms with Crippen LogP contribution in [0.2, 0.25) is 0 Å². The molecule has 0 aliphatic heterocycles. The van der Waals surface area contributed by atoms with Gasteiger partial charge < -0.3 is 4.57 Å². The third-order valence-corrected chi connectivity index (χ3v) is 4.70. The van der Waals surface area contributed by atoms with Crippen LogP contribution in [0.25, 0.3) is 10.2 Å². The molecule has 0 aliphatic rings. The minimum absolute atomic E-state index is 0.160. The number of para-hydroxylation sites is 1. The fourth-order valence-corrected chi connectivity index (χ4v) is 3.70. The average molecular weight is 377 g/mol. The van der Waals surface area contributed by atoms with Gasteiger partial charge in [-0.15, -0.1) is 0 Å². The minimum atomic E-state index is -0.811. The highest BCUT2D eigenvalue weighted by molar-refractivity contribution is 7.16. The number of fused-ring (bicyclic) bond motifs is 1. The molecule has 6 nitrogen and oxygen atoms in total. The smallest absolute Gasteiger partial charge is 0.286 e. The number of rotatable bonds is 4. The maximum atomic E-state index is 14.2. The molecule has 0 fully saturated rings. The van der Waals surface area contributed by atoms with Crippen LogP contribution < -0.4 is 4.80 Å². The van der Waals surface area contributed by atoms with Crippen LogP contribution >= 0.6 is 11.3 Å². The number of carbonyl (C=O) groups is 1. The predicted octanol–water partition coefficient (Wildman–Crippen LogP) is 4.04. The van der Waals surface area contributed by atoms with Gasteiger partial charge in [-0.2, -0.15) is 4.99 Å². The largest absolute Gasteiger partial charge is 0.314 e. The lowest BCUT2D eigenvalue weighted by Crippen LogP contribution is -2.17. The van der Waals surface area contributed by atoms with Crippen molar-refractivity contribution in [1.82, 2.24) is 4.57 Å². The number of thiazole rings is 1. The van der Waals surface area contributed by atoms with Gasteiger partial charge in [0.05, 0.1) is 15.1 Å². The van der Waals surface area contributed by atoms with Crippen LogP contribution in [0.5, 0.6) is 0 Å². The molecule has 0 unspecified atom stereocenters. The number of hydrogen-bond acceptors (Lipinski definition) is 4. The SMILES string of the molecule is CCCn1c(=NC(=O)c2ccccc2[N+](=O)[O-])sc2cc(F)cc(F)c21. The Morgan fingerprint density at radius 3 is 2.73 bits per heavy atom. The van der Waals surface area contributed by atoms with Gasteiger partial charge in [0.15, 0.2) is 10.6 Å². The minimum Gasteiger partial charge on any atom is -0.314 e. The van der Waals surface area contributed by atoms with Crippen LogP contribution in [0.1, 0.15) is 23.7 Å². The van der Waals surface area contributed by atoms with Crippen molar-refractivity contribution in [3.05, 3.63) is 68.5 Å². The van der Waals surface area contributed by atoms with E-state index in [2.05, 4.69) is 4.99 Å². The van der Waals surface area contributed by atoms with E-state index in [-0.39, 0.29) is 21.6 Å². The molecule has 1 aromatic heterocycles. The van der Waals surface area contributed by atoms with Crippen molar-refractivity contribution in [2.75, 3.05) is 0 Å². The molecule has 0 atom stereocenters. The van der Waals surface area contributed by atoms with E-state index < -0.39 is 22.5 Å². The first kappa shape index (κ1) is 17.9. The van der Waals surface area contributed by atoms with E-state index in [9.17, 15) is 23.7 Å². The lowest BCUT2D eigenvalue weighted by atomic mass is 10.2. The van der Waals surface area contributed by atoms with E-state index in [1.54, 1.807) is 0 Å². The van der Waals surface area contributed by atoms with E-state index in [0.29, 0.717) is 17.7 Å². The Morgan fingerprint density at radius 1 is 1.31 bits per heavy atom. The Balaban J connectivity index is 2.22. The summed E-state index contributed by atoms with van der Waals surface area (Å²) in [5, 5.41) is 11.1. The van der Waals surface area contributed by atoms with Crippen LogP contribution in [0, 0.1) is 21.7 Å². The van der Waals surface area contributed by atoms with Crippen molar-refractivity contribution in [1.29, 1.82) is 0 Å². The van der Waals surface area contributed by atoms with Gasteiger partial charge >= 0.3 is 0 Å². The van der Waals surface area contributed by atoms with Crippen LogP contribution in [-0.2, 0) is 6.54 Å². The number of carbonyl (C=O) groups excluding carboxylic acids is 1. The first-order chi connectivity index (χ1) is 12.4. The molecule has 3 aromatic rings. The molecule has 0 N–H and O–H groups in total. The number of aryl methyl sites for hydroxylation is 1. The van der Waals surface area contributed by atoms with E-state index in [0.717, 1.165) is 17.4 Å². The molecule has 3 rings (SSSR count). The third-order valence-electron chi connectivity index (χ3n) is 3.67. The highest BCUT2D eigenvalue weighted by Gasteiger charge is 2.20.